The minimum atomic E-state index is -2.53. The number of aromatic nitrogens is 3. The van der Waals surface area contributed by atoms with Crippen LogP contribution in [0.2, 0.25) is 0 Å². The number of nitrogens with two attached hydrogens (primary N) is 1. The molecule has 1 aliphatic rings. The Labute approximate surface area is 196 Å². The van der Waals surface area contributed by atoms with Crippen LogP contribution in [0, 0.1) is 5.92 Å². The summed E-state index contributed by atoms with van der Waals surface area (Å²) in [5.74, 6) is -0.000485. The van der Waals surface area contributed by atoms with Gasteiger partial charge in [0.05, 0.1) is 42.1 Å². The molecule has 2 aromatic heterocycles. The van der Waals surface area contributed by atoms with Crippen LogP contribution in [0.15, 0.2) is 42.9 Å². The Kier molecular flexibility index (Phi) is 6.34. The molecule has 1 aromatic carbocycles. The molecular weight excluding hydrogens is 455 g/mol. The van der Waals surface area contributed by atoms with Gasteiger partial charge in [-0.15, -0.1) is 0 Å². The lowest BCUT2D eigenvalue weighted by atomic mass is 10.1. The number of anilines is 3. The van der Waals surface area contributed by atoms with Crippen LogP contribution in [-0.4, -0.2) is 47.2 Å². The highest BCUT2D eigenvalue weighted by molar-refractivity contribution is 7.69. The molecule has 1 fully saturated rings. The van der Waals surface area contributed by atoms with Crippen LogP contribution in [0.1, 0.15) is 23.2 Å². The number of hydrogen-bond donors (Lipinski definition) is 3. The van der Waals surface area contributed by atoms with Gasteiger partial charge in [-0.3, -0.25) is 14.6 Å². The zero-order valence-corrected chi connectivity index (χ0v) is 19.9. The predicted octanol–water partition coefficient (Wildman–Crippen LogP) is 2.99. The van der Waals surface area contributed by atoms with Crippen molar-refractivity contribution in [1.29, 1.82) is 0 Å². The fraction of sp³-hybridized carbons (Fsp3) is 0.261. The molecule has 2 heterocycles. The number of rotatable bonds is 8. The van der Waals surface area contributed by atoms with Crippen molar-refractivity contribution in [2.24, 2.45) is 11.7 Å². The predicted molar refractivity (Wildman–Crippen MR) is 130 cm³/mol. The van der Waals surface area contributed by atoms with Crippen molar-refractivity contribution in [2.75, 3.05) is 31.1 Å². The van der Waals surface area contributed by atoms with Crippen LogP contribution in [0.3, 0.4) is 0 Å². The number of ether oxygens (including phenoxy) is 1. The lowest BCUT2D eigenvalue weighted by Gasteiger charge is -2.17. The van der Waals surface area contributed by atoms with E-state index < -0.39 is 13.0 Å². The number of nitrogens with zero attached hydrogens (tertiary/aromatic N) is 3. The molecule has 0 spiro atoms. The van der Waals surface area contributed by atoms with Crippen LogP contribution >= 0.6 is 7.14 Å². The number of hydrogen-bond acceptors (Lipinski definition) is 8. The molecule has 1 aliphatic carbocycles. The van der Waals surface area contributed by atoms with Crippen LogP contribution in [-0.2, 0) is 9.36 Å². The second kappa shape index (κ2) is 9.23. The van der Waals surface area contributed by atoms with Gasteiger partial charge >= 0.3 is 0 Å². The maximum atomic E-state index is 12.3. The van der Waals surface area contributed by atoms with Crippen molar-refractivity contribution in [2.45, 2.75) is 12.8 Å². The highest BCUT2D eigenvalue weighted by Gasteiger charge is 2.30. The van der Waals surface area contributed by atoms with E-state index in [1.54, 1.807) is 37.7 Å². The summed E-state index contributed by atoms with van der Waals surface area (Å²) in [7, 11) is -1.02. The largest absolute Gasteiger partial charge is 0.494 e. The third kappa shape index (κ3) is 5.07. The lowest BCUT2D eigenvalue weighted by Crippen LogP contribution is -2.17. The average Bonchev–Trinajstić information content (AvgIpc) is 3.64. The lowest BCUT2D eigenvalue weighted by molar-refractivity contribution is -0.117. The van der Waals surface area contributed by atoms with Gasteiger partial charge in [0, 0.05) is 23.7 Å². The van der Waals surface area contributed by atoms with Crippen molar-refractivity contribution in [3.05, 3.63) is 48.4 Å². The Bertz CT molecular complexity index is 1300. The molecule has 0 atom stereocenters. The molecule has 3 aromatic rings. The summed E-state index contributed by atoms with van der Waals surface area (Å²) in [6.07, 6.45) is 6.08. The summed E-state index contributed by atoms with van der Waals surface area (Å²) in [5, 5.41) is 5.93. The molecule has 0 radical (unpaired) electrons. The van der Waals surface area contributed by atoms with Crippen molar-refractivity contribution in [3.63, 3.8) is 0 Å². The smallest absolute Gasteiger partial charge is 0.252 e. The number of amides is 2. The van der Waals surface area contributed by atoms with Gasteiger partial charge in [0.2, 0.25) is 5.91 Å². The Balaban J connectivity index is 1.69. The van der Waals surface area contributed by atoms with Gasteiger partial charge in [-0.05, 0) is 38.3 Å². The molecule has 2 amide bonds. The monoisotopic (exact) mass is 480 g/mol. The normalized spacial score (nSPS) is 13.3. The maximum Gasteiger partial charge on any atom is 0.252 e. The SMILES string of the molecule is COc1c(Nc2cc(NC(=O)C3CC3)ncc2C(N)=O)cccc1-c1cnc(P(C)(C)=O)cn1. The van der Waals surface area contributed by atoms with E-state index in [1.165, 1.54) is 19.5 Å². The minimum absolute atomic E-state index is 0.00706. The van der Waals surface area contributed by atoms with E-state index in [-0.39, 0.29) is 17.4 Å². The van der Waals surface area contributed by atoms with Gasteiger partial charge in [-0.25, -0.2) is 9.97 Å². The second-order valence-corrected chi connectivity index (χ2v) is 11.5. The number of primary amides is 1. The molecule has 0 aliphatic heterocycles. The zero-order valence-electron chi connectivity index (χ0n) is 19.0. The molecule has 176 valence electrons. The van der Waals surface area contributed by atoms with Crippen molar-refractivity contribution in [1.82, 2.24) is 15.0 Å². The Morgan fingerprint density at radius 2 is 1.85 bits per heavy atom. The number of methoxy groups -OCH3 is 1. The standard InChI is InChI=1S/C23H25N6O4P/c1-33-21-14(18-11-27-20(12-25-18)34(2,3)32)5-4-6-16(21)28-17-9-19(26-10-15(17)22(24)30)29-23(31)13-7-8-13/h4-6,9-13H,7-8H2,1-3H3,(H2,24,30)(H2,26,28,29,31). The quantitative estimate of drug-likeness (QED) is 0.417. The van der Waals surface area contributed by atoms with Crippen LogP contribution in [0.25, 0.3) is 11.3 Å². The van der Waals surface area contributed by atoms with Gasteiger partial charge in [0.15, 0.2) is 5.75 Å². The Hall–Kier alpha value is -3.78. The Morgan fingerprint density at radius 1 is 1.09 bits per heavy atom. The molecule has 0 bridgehead atoms. The summed E-state index contributed by atoms with van der Waals surface area (Å²) in [5.41, 5.74) is 8.21. The molecule has 1 saturated carbocycles. The van der Waals surface area contributed by atoms with E-state index in [4.69, 9.17) is 10.5 Å². The Morgan fingerprint density at radius 3 is 2.44 bits per heavy atom. The zero-order chi connectivity index (χ0) is 24.5. The van der Waals surface area contributed by atoms with Gasteiger partial charge in [-0.2, -0.15) is 0 Å². The highest BCUT2D eigenvalue weighted by Crippen LogP contribution is 2.39. The van der Waals surface area contributed by atoms with Gasteiger partial charge in [0.25, 0.3) is 5.91 Å². The summed E-state index contributed by atoms with van der Waals surface area (Å²) in [6, 6.07) is 6.93. The summed E-state index contributed by atoms with van der Waals surface area (Å²) in [4.78, 5) is 37.0. The first-order valence-electron chi connectivity index (χ1n) is 10.6. The summed E-state index contributed by atoms with van der Waals surface area (Å²) >= 11 is 0. The molecule has 10 nitrogen and oxygen atoms in total. The molecule has 4 N–H and O–H groups in total. The third-order valence-electron chi connectivity index (χ3n) is 5.32. The van der Waals surface area contributed by atoms with Crippen LogP contribution in [0.4, 0.5) is 17.2 Å². The van der Waals surface area contributed by atoms with Crippen molar-refractivity contribution in [3.8, 4) is 17.0 Å². The van der Waals surface area contributed by atoms with Crippen LogP contribution in [0.5, 0.6) is 5.75 Å². The molecule has 11 heteroatoms. The minimum Gasteiger partial charge on any atom is -0.494 e. The molecular formula is C23H25N6O4P. The van der Waals surface area contributed by atoms with Crippen molar-refractivity contribution >= 4 is 41.6 Å². The first-order valence-corrected chi connectivity index (χ1v) is 13.2. The van der Waals surface area contributed by atoms with E-state index >= 15 is 0 Å². The van der Waals surface area contributed by atoms with E-state index in [0.717, 1.165) is 12.8 Å². The summed E-state index contributed by atoms with van der Waals surface area (Å²) < 4.78 is 17.9. The maximum absolute atomic E-state index is 12.3. The fourth-order valence-electron chi connectivity index (χ4n) is 3.34. The number of nitrogens with one attached hydrogen (secondary N) is 2. The first-order chi connectivity index (χ1) is 16.2. The topological polar surface area (TPSA) is 149 Å². The van der Waals surface area contributed by atoms with Gasteiger partial charge in [-0.1, -0.05) is 6.07 Å². The first kappa shape index (κ1) is 23.4. The number of benzene rings is 1. The highest BCUT2D eigenvalue weighted by atomic mass is 31.2. The number of pyridine rings is 1. The van der Waals surface area contributed by atoms with E-state index in [9.17, 15) is 14.2 Å². The molecule has 34 heavy (non-hydrogen) atoms. The average molecular weight is 480 g/mol. The fourth-order valence-corrected chi connectivity index (χ4v) is 4.01. The molecule has 4 rings (SSSR count). The van der Waals surface area contributed by atoms with Crippen LogP contribution < -0.4 is 26.5 Å². The molecule has 0 saturated heterocycles. The van der Waals surface area contributed by atoms with Gasteiger partial charge < -0.3 is 25.7 Å². The second-order valence-electron chi connectivity index (χ2n) is 8.36. The van der Waals surface area contributed by atoms with E-state index in [1.807, 2.05) is 6.07 Å². The number of carbonyl (C=O) groups excluding carboxylic acids is 2. The molecule has 0 unspecified atom stereocenters. The van der Waals surface area contributed by atoms with Gasteiger partial charge in [0.1, 0.15) is 18.4 Å². The summed E-state index contributed by atoms with van der Waals surface area (Å²) in [6.45, 7) is 3.27. The third-order valence-corrected chi connectivity index (χ3v) is 6.66. The number of para-hydroxylation sites is 1. The number of carbonyl (C=O) groups is 2. The van der Waals surface area contributed by atoms with E-state index in [2.05, 4.69) is 25.6 Å². The van der Waals surface area contributed by atoms with Crippen molar-refractivity contribution < 1.29 is 18.9 Å². The van der Waals surface area contributed by atoms with E-state index in [0.29, 0.717) is 39.6 Å².